The van der Waals surface area contributed by atoms with Crippen molar-refractivity contribution in [1.29, 1.82) is 0 Å². The van der Waals surface area contributed by atoms with Crippen LogP contribution >= 0.6 is 0 Å². The van der Waals surface area contributed by atoms with E-state index >= 15 is 0 Å². The summed E-state index contributed by atoms with van der Waals surface area (Å²) in [5, 5.41) is 15.8. The summed E-state index contributed by atoms with van der Waals surface area (Å²) in [6.07, 6.45) is -0.545. The molecule has 1 fully saturated rings. The number of nitrogens with one attached hydrogen (secondary N) is 2. The van der Waals surface area contributed by atoms with Crippen molar-refractivity contribution >= 4 is 5.69 Å². The molecule has 1 saturated carbocycles. The smallest absolute Gasteiger partial charge is 0.495 e. The Labute approximate surface area is 132 Å². The van der Waals surface area contributed by atoms with Gasteiger partial charge in [0, 0.05) is 12.1 Å². The summed E-state index contributed by atoms with van der Waals surface area (Å²) >= 11 is 0. The lowest BCUT2D eigenvalue weighted by atomic mass is 9.96. The van der Waals surface area contributed by atoms with Crippen LogP contribution in [0.5, 0.6) is 11.5 Å². The van der Waals surface area contributed by atoms with Crippen molar-refractivity contribution in [2.75, 3.05) is 12.4 Å². The predicted molar refractivity (Wildman–Crippen MR) is 79.3 cm³/mol. The minimum Gasteiger partial charge on any atom is -0.495 e. The summed E-state index contributed by atoms with van der Waals surface area (Å²) in [6.45, 7) is 0. The summed E-state index contributed by atoms with van der Waals surface area (Å²) in [5.41, 5.74) is 0.213. The highest BCUT2D eigenvalue weighted by Crippen LogP contribution is 2.32. The molecule has 3 N–H and O–H groups in total. The summed E-state index contributed by atoms with van der Waals surface area (Å²) in [5.74, 6) is -0.0744. The first-order valence-electron chi connectivity index (χ1n) is 7.52. The maximum Gasteiger partial charge on any atom is 0.573 e. The first-order valence-corrected chi connectivity index (χ1v) is 7.52. The normalized spacial score (nSPS) is 17.6. The van der Waals surface area contributed by atoms with Gasteiger partial charge in [-0.15, -0.1) is 13.2 Å². The molecule has 0 spiro atoms. The van der Waals surface area contributed by atoms with Crippen LogP contribution in [0.15, 0.2) is 18.2 Å². The van der Waals surface area contributed by atoms with Crippen molar-refractivity contribution in [2.45, 2.75) is 50.9 Å². The molecule has 0 amide bonds. The highest BCUT2D eigenvalue weighted by molar-refractivity contribution is 5.60. The highest BCUT2D eigenvalue weighted by Gasteiger charge is 2.31. The van der Waals surface area contributed by atoms with Crippen LogP contribution in [-0.2, 0) is 0 Å². The second-order valence-corrected chi connectivity index (χ2v) is 5.46. The van der Waals surface area contributed by atoms with Crippen molar-refractivity contribution in [3.63, 3.8) is 0 Å². The van der Waals surface area contributed by atoms with Gasteiger partial charge in [0.2, 0.25) is 0 Å². The third kappa shape index (κ3) is 5.80. The maximum atomic E-state index is 12.3. The summed E-state index contributed by atoms with van der Waals surface area (Å²) < 4.78 is 45.8. The largest absolute Gasteiger partial charge is 0.573 e. The molecule has 2 rings (SSSR count). The number of anilines is 1. The molecule has 0 heterocycles. The number of aliphatic hydroxyl groups is 1. The fourth-order valence-corrected chi connectivity index (χ4v) is 2.68. The Bertz CT molecular complexity index is 505. The molecule has 5 nitrogen and oxygen atoms in total. The first-order chi connectivity index (χ1) is 10.9. The molecule has 1 aromatic rings. The van der Waals surface area contributed by atoms with Gasteiger partial charge in [0.25, 0.3) is 0 Å². The van der Waals surface area contributed by atoms with Crippen LogP contribution in [0.4, 0.5) is 18.9 Å². The van der Waals surface area contributed by atoms with E-state index in [-0.39, 0.29) is 17.5 Å². The molecule has 23 heavy (non-hydrogen) atoms. The molecule has 0 radical (unpaired) electrons. The van der Waals surface area contributed by atoms with E-state index in [1.165, 1.54) is 19.6 Å². The van der Waals surface area contributed by atoms with Gasteiger partial charge in [-0.05, 0) is 25.0 Å². The van der Waals surface area contributed by atoms with Gasteiger partial charge in [-0.1, -0.05) is 19.3 Å². The van der Waals surface area contributed by atoms with Crippen molar-refractivity contribution in [3.05, 3.63) is 18.2 Å². The van der Waals surface area contributed by atoms with Gasteiger partial charge >= 0.3 is 6.36 Å². The van der Waals surface area contributed by atoms with Crippen LogP contribution in [0.1, 0.15) is 32.1 Å². The number of aliphatic hydroxyl groups excluding tert-OH is 1. The molecule has 0 saturated heterocycles. The van der Waals surface area contributed by atoms with Gasteiger partial charge < -0.3 is 19.9 Å². The zero-order valence-corrected chi connectivity index (χ0v) is 12.8. The SMILES string of the molecule is COc1ccc(OC(F)(F)F)cc1NC(O)NC1CCCCC1. The molecule has 0 bridgehead atoms. The Morgan fingerprint density at radius 1 is 1.22 bits per heavy atom. The molecule has 1 aromatic carbocycles. The van der Waals surface area contributed by atoms with Gasteiger partial charge in [0.1, 0.15) is 11.5 Å². The van der Waals surface area contributed by atoms with E-state index in [0.717, 1.165) is 37.8 Å². The quantitative estimate of drug-likeness (QED) is 0.698. The Morgan fingerprint density at radius 2 is 1.91 bits per heavy atom. The zero-order chi connectivity index (χ0) is 16.9. The van der Waals surface area contributed by atoms with E-state index in [2.05, 4.69) is 15.4 Å². The first kappa shape index (κ1) is 17.7. The molecule has 1 aliphatic carbocycles. The van der Waals surface area contributed by atoms with Gasteiger partial charge in [-0.25, -0.2) is 0 Å². The Kier molecular flexibility index (Phi) is 5.95. The molecule has 0 aromatic heterocycles. The van der Waals surface area contributed by atoms with E-state index in [1.807, 2.05) is 0 Å². The third-order valence-electron chi connectivity index (χ3n) is 3.70. The van der Waals surface area contributed by atoms with E-state index in [9.17, 15) is 18.3 Å². The summed E-state index contributed by atoms with van der Waals surface area (Å²) in [4.78, 5) is 0. The third-order valence-corrected chi connectivity index (χ3v) is 3.70. The lowest BCUT2D eigenvalue weighted by Gasteiger charge is -2.27. The van der Waals surface area contributed by atoms with Gasteiger partial charge in [0.15, 0.2) is 6.35 Å². The molecule has 130 valence electrons. The molecule has 1 aliphatic rings. The number of methoxy groups -OCH3 is 1. The average molecular weight is 334 g/mol. The van der Waals surface area contributed by atoms with Crippen molar-refractivity contribution < 1.29 is 27.8 Å². The molecule has 8 heteroatoms. The molecule has 1 unspecified atom stereocenters. The van der Waals surface area contributed by atoms with E-state index in [0.29, 0.717) is 5.75 Å². The lowest BCUT2D eigenvalue weighted by molar-refractivity contribution is -0.274. The minimum atomic E-state index is -4.77. The standard InChI is InChI=1S/C15H21F3N2O3/c1-22-13-8-7-11(23-15(16,17)18)9-12(13)20-14(21)19-10-5-3-2-4-6-10/h7-10,14,19-21H,2-6H2,1H3. The van der Waals surface area contributed by atoms with Crippen LogP contribution in [-0.4, -0.2) is 31.0 Å². The lowest BCUT2D eigenvalue weighted by Crippen LogP contribution is -2.43. The van der Waals surface area contributed by atoms with Gasteiger partial charge in [0.05, 0.1) is 12.8 Å². The number of halogens is 3. The number of rotatable bonds is 6. The monoisotopic (exact) mass is 334 g/mol. The van der Waals surface area contributed by atoms with Crippen LogP contribution in [0, 0.1) is 0 Å². The van der Waals surface area contributed by atoms with Crippen molar-refractivity contribution in [1.82, 2.24) is 5.32 Å². The van der Waals surface area contributed by atoms with Crippen LogP contribution in [0.3, 0.4) is 0 Å². The molecule has 0 aliphatic heterocycles. The zero-order valence-electron chi connectivity index (χ0n) is 12.8. The number of alkyl halides is 3. The van der Waals surface area contributed by atoms with Gasteiger partial charge in [-0.2, -0.15) is 0 Å². The van der Waals surface area contributed by atoms with E-state index in [1.54, 1.807) is 0 Å². The number of ether oxygens (including phenoxy) is 2. The Balaban J connectivity index is 2.02. The van der Waals surface area contributed by atoms with Crippen molar-refractivity contribution in [3.8, 4) is 11.5 Å². The second kappa shape index (κ2) is 7.74. The summed E-state index contributed by atoms with van der Waals surface area (Å²) in [6, 6.07) is 3.82. The van der Waals surface area contributed by atoms with Crippen LogP contribution in [0.2, 0.25) is 0 Å². The topological polar surface area (TPSA) is 62.8 Å². The van der Waals surface area contributed by atoms with Crippen LogP contribution in [0.25, 0.3) is 0 Å². The minimum absolute atomic E-state index is 0.187. The molecular formula is C15H21F3N2O3. The fraction of sp³-hybridized carbons (Fsp3) is 0.600. The molecular weight excluding hydrogens is 313 g/mol. The van der Waals surface area contributed by atoms with Crippen LogP contribution < -0.4 is 20.1 Å². The Hall–Kier alpha value is -1.67. The van der Waals surface area contributed by atoms with E-state index in [4.69, 9.17) is 4.74 Å². The van der Waals surface area contributed by atoms with Gasteiger partial charge in [-0.3, -0.25) is 5.32 Å². The molecule has 1 atom stereocenters. The van der Waals surface area contributed by atoms with E-state index < -0.39 is 12.7 Å². The number of hydrogen-bond acceptors (Lipinski definition) is 5. The maximum absolute atomic E-state index is 12.3. The summed E-state index contributed by atoms with van der Waals surface area (Å²) in [7, 11) is 1.39. The highest BCUT2D eigenvalue weighted by atomic mass is 19.4. The fourth-order valence-electron chi connectivity index (χ4n) is 2.68. The number of hydrogen-bond donors (Lipinski definition) is 3. The van der Waals surface area contributed by atoms with Crippen molar-refractivity contribution in [2.24, 2.45) is 0 Å². The Morgan fingerprint density at radius 3 is 2.52 bits per heavy atom. The average Bonchev–Trinajstić information content (AvgIpc) is 2.47. The second-order valence-electron chi connectivity index (χ2n) is 5.46. The predicted octanol–water partition coefficient (Wildman–Crippen LogP) is 3.20. The number of benzene rings is 1.